The molecule has 0 amide bonds. The third-order valence-electron chi connectivity index (χ3n) is 4.01. The zero-order valence-corrected chi connectivity index (χ0v) is 15.4. The molecule has 2 aromatic rings. The molecule has 0 bridgehead atoms. The van der Waals surface area contributed by atoms with Gasteiger partial charge in [0.15, 0.2) is 0 Å². The Labute approximate surface area is 154 Å². The molecule has 1 atom stereocenters. The number of benzene rings is 2. The van der Waals surface area contributed by atoms with Crippen LogP contribution < -0.4 is 5.32 Å². The zero-order valence-electron chi connectivity index (χ0n) is 13.1. The fourth-order valence-electron chi connectivity index (χ4n) is 2.90. The van der Waals surface area contributed by atoms with E-state index in [1.807, 2.05) is 48.5 Å². The Morgan fingerprint density at radius 2 is 1.75 bits per heavy atom. The highest BCUT2D eigenvalue weighted by atomic mass is 35.5. The van der Waals surface area contributed by atoms with Crippen LogP contribution in [0.4, 0.5) is 0 Å². The topological polar surface area (TPSA) is 49.4 Å². The van der Waals surface area contributed by atoms with Gasteiger partial charge in [-0.2, -0.15) is 4.31 Å². The molecule has 3 rings (SSSR count). The predicted octanol–water partition coefficient (Wildman–Crippen LogP) is 3.24. The second kappa shape index (κ2) is 8.32. The van der Waals surface area contributed by atoms with E-state index in [4.69, 9.17) is 11.6 Å². The summed E-state index contributed by atoms with van der Waals surface area (Å²) in [5, 5.41) is 3.86. The van der Waals surface area contributed by atoms with Gasteiger partial charge in [0.25, 0.3) is 0 Å². The highest BCUT2D eigenvalue weighted by Crippen LogP contribution is 2.31. The largest absolute Gasteiger partial charge is 0.313 e. The molecule has 1 aliphatic rings. The number of nitrogens with one attached hydrogen (secondary N) is 1. The molecular formula is C17H20Cl2N2O2S. The highest BCUT2D eigenvalue weighted by Gasteiger charge is 2.34. The van der Waals surface area contributed by atoms with Crippen molar-refractivity contribution in [3.63, 3.8) is 0 Å². The fourth-order valence-corrected chi connectivity index (χ4v) is 4.88. The van der Waals surface area contributed by atoms with E-state index in [-0.39, 0.29) is 24.2 Å². The van der Waals surface area contributed by atoms with Gasteiger partial charge in [0, 0.05) is 24.7 Å². The third-order valence-corrected chi connectivity index (χ3v) is 6.20. The maximum atomic E-state index is 12.9. The number of halogens is 2. The second-order valence-corrected chi connectivity index (χ2v) is 7.92. The summed E-state index contributed by atoms with van der Waals surface area (Å²) in [6.45, 7) is 1.66. The molecule has 1 aliphatic heterocycles. The highest BCUT2D eigenvalue weighted by molar-refractivity contribution is 7.88. The molecule has 1 heterocycles. The van der Waals surface area contributed by atoms with Crippen molar-refractivity contribution in [2.75, 3.05) is 19.6 Å². The van der Waals surface area contributed by atoms with Gasteiger partial charge < -0.3 is 5.32 Å². The van der Waals surface area contributed by atoms with Crippen LogP contribution in [0.2, 0.25) is 5.02 Å². The minimum atomic E-state index is -3.42. The first-order valence-corrected chi connectivity index (χ1v) is 9.55. The van der Waals surface area contributed by atoms with Crippen LogP contribution in [-0.4, -0.2) is 32.4 Å². The summed E-state index contributed by atoms with van der Waals surface area (Å²) < 4.78 is 27.4. The zero-order chi connectivity index (χ0) is 16.3. The van der Waals surface area contributed by atoms with Crippen LogP contribution in [0.3, 0.4) is 0 Å². The Bertz CT molecular complexity index is 769. The van der Waals surface area contributed by atoms with E-state index in [9.17, 15) is 8.42 Å². The Morgan fingerprint density at radius 1 is 1.08 bits per heavy atom. The van der Waals surface area contributed by atoms with E-state index in [2.05, 4.69) is 5.32 Å². The van der Waals surface area contributed by atoms with Gasteiger partial charge in [0.05, 0.1) is 11.8 Å². The van der Waals surface area contributed by atoms with Gasteiger partial charge in [-0.1, -0.05) is 60.1 Å². The van der Waals surface area contributed by atoms with Gasteiger partial charge in [-0.05, 0) is 17.2 Å². The van der Waals surface area contributed by atoms with Crippen LogP contribution in [0.25, 0.3) is 0 Å². The standard InChI is InChI=1S/C17H19ClN2O2S.ClH/c18-16-9-5-4-8-15(16)17-12-19-10-11-20(17)23(21,22)13-14-6-2-1-3-7-14;/h1-9,17,19H,10-13H2;1H. The van der Waals surface area contributed by atoms with Crippen LogP contribution in [0, 0.1) is 0 Å². The van der Waals surface area contributed by atoms with Gasteiger partial charge in [-0.25, -0.2) is 8.42 Å². The Balaban J connectivity index is 0.00000208. The summed E-state index contributed by atoms with van der Waals surface area (Å²) in [6.07, 6.45) is 0. The van der Waals surface area contributed by atoms with Gasteiger partial charge in [-0.15, -0.1) is 12.4 Å². The molecular weight excluding hydrogens is 367 g/mol. The number of rotatable bonds is 4. The summed E-state index contributed by atoms with van der Waals surface area (Å²) in [7, 11) is -3.42. The molecule has 7 heteroatoms. The minimum Gasteiger partial charge on any atom is -0.313 e. The minimum absolute atomic E-state index is 0. The number of piperazine rings is 1. The van der Waals surface area contributed by atoms with Crippen molar-refractivity contribution in [1.29, 1.82) is 0 Å². The first-order valence-electron chi connectivity index (χ1n) is 7.56. The molecule has 4 nitrogen and oxygen atoms in total. The lowest BCUT2D eigenvalue weighted by molar-refractivity contribution is 0.271. The fraction of sp³-hybridized carbons (Fsp3) is 0.294. The van der Waals surface area contributed by atoms with Crippen LogP contribution in [0.15, 0.2) is 54.6 Å². The van der Waals surface area contributed by atoms with Crippen LogP contribution in [-0.2, 0) is 15.8 Å². The molecule has 0 aromatic heterocycles. The average molecular weight is 387 g/mol. The molecule has 1 saturated heterocycles. The number of hydrogen-bond donors (Lipinski definition) is 1. The Morgan fingerprint density at radius 3 is 2.46 bits per heavy atom. The van der Waals surface area contributed by atoms with Crippen molar-refractivity contribution < 1.29 is 8.42 Å². The third kappa shape index (κ3) is 4.29. The molecule has 0 saturated carbocycles. The van der Waals surface area contributed by atoms with E-state index >= 15 is 0 Å². The van der Waals surface area contributed by atoms with E-state index in [0.29, 0.717) is 24.7 Å². The van der Waals surface area contributed by atoms with Crippen molar-refractivity contribution in [2.45, 2.75) is 11.8 Å². The van der Waals surface area contributed by atoms with Gasteiger partial charge in [0.2, 0.25) is 10.0 Å². The molecule has 0 spiro atoms. The van der Waals surface area contributed by atoms with Crippen LogP contribution in [0.5, 0.6) is 0 Å². The quantitative estimate of drug-likeness (QED) is 0.877. The monoisotopic (exact) mass is 386 g/mol. The molecule has 0 radical (unpaired) electrons. The molecule has 1 fully saturated rings. The van der Waals surface area contributed by atoms with Crippen molar-refractivity contribution in [3.05, 3.63) is 70.7 Å². The Kier molecular flexibility index (Phi) is 6.66. The van der Waals surface area contributed by atoms with Crippen molar-refractivity contribution in [2.24, 2.45) is 0 Å². The maximum Gasteiger partial charge on any atom is 0.218 e. The SMILES string of the molecule is Cl.O=S(=O)(Cc1ccccc1)N1CCNCC1c1ccccc1Cl. The smallest absolute Gasteiger partial charge is 0.218 e. The van der Waals surface area contributed by atoms with Crippen LogP contribution in [0.1, 0.15) is 17.2 Å². The number of sulfonamides is 1. The average Bonchev–Trinajstić information content (AvgIpc) is 2.56. The summed E-state index contributed by atoms with van der Waals surface area (Å²) in [6, 6.07) is 16.4. The van der Waals surface area contributed by atoms with Crippen molar-refractivity contribution >= 4 is 34.0 Å². The normalized spacial score (nSPS) is 18.8. The first-order chi connectivity index (χ1) is 11.1. The summed E-state index contributed by atoms with van der Waals surface area (Å²) in [5.74, 6) is 0.00872. The second-order valence-electron chi connectivity index (χ2n) is 5.59. The lowest BCUT2D eigenvalue weighted by atomic mass is 10.1. The predicted molar refractivity (Wildman–Crippen MR) is 100 cm³/mol. The van der Waals surface area contributed by atoms with Gasteiger partial charge in [0.1, 0.15) is 0 Å². The Hall–Kier alpha value is -1.11. The molecule has 130 valence electrons. The summed E-state index contributed by atoms with van der Waals surface area (Å²) >= 11 is 6.28. The van der Waals surface area contributed by atoms with Crippen LogP contribution >= 0.6 is 24.0 Å². The maximum absolute atomic E-state index is 12.9. The molecule has 24 heavy (non-hydrogen) atoms. The first kappa shape index (κ1) is 19.2. The lowest BCUT2D eigenvalue weighted by Crippen LogP contribution is -2.49. The molecule has 1 N–H and O–H groups in total. The van der Waals surface area contributed by atoms with Crippen molar-refractivity contribution in [1.82, 2.24) is 9.62 Å². The molecule has 1 unspecified atom stereocenters. The molecule has 2 aromatic carbocycles. The van der Waals surface area contributed by atoms with E-state index < -0.39 is 10.0 Å². The van der Waals surface area contributed by atoms with E-state index in [1.165, 1.54) is 0 Å². The van der Waals surface area contributed by atoms with E-state index in [1.54, 1.807) is 10.4 Å². The lowest BCUT2D eigenvalue weighted by Gasteiger charge is -2.36. The van der Waals surface area contributed by atoms with Gasteiger partial charge in [-0.3, -0.25) is 0 Å². The molecule has 0 aliphatic carbocycles. The van der Waals surface area contributed by atoms with Crippen molar-refractivity contribution in [3.8, 4) is 0 Å². The number of hydrogen-bond acceptors (Lipinski definition) is 3. The number of nitrogens with zero attached hydrogens (tertiary/aromatic N) is 1. The summed E-state index contributed by atoms with van der Waals surface area (Å²) in [5.41, 5.74) is 1.64. The summed E-state index contributed by atoms with van der Waals surface area (Å²) in [4.78, 5) is 0. The van der Waals surface area contributed by atoms with E-state index in [0.717, 1.165) is 11.1 Å². The van der Waals surface area contributed by atoms with Gasteiger partial charge >= 0.3 is 0 Å².